The van der Waals surface area contributed by atoms with Gasteiger partial charge in [-0.05, 0) is 56.7 Å². The van der Waals surface area contributed by atoms with Crippen molar-refractivity contribution < 1.29 is 19.1 Å². The minimum atomic E-state index is -0.395. The van der Waals surface area contributed by atoms with E-state index in [9.17, 15) is 9.59 Å². The Hall–Kier alpha value is -2.98. The molecule has 0 spiro atoms. The summed E-state index contributed by atoms with van der Waals surface area (Å²) in [4.78, 5) is 34.8. The number of aromatic nitrogens is 2. The smallest absolute Gasteiger partial charge is 0.260 e. The number of thioether (sulfide) groups is 1. The summed E-state index contributed by atoms with van der Waals surface area (Å²) in [6, 6.07) is 8.99. The Morgan fingerprint density at radius 3 is 2.53 bits per heavy atom. The fourth-order valence-electron chi connectivity index (χ4n) is 2.92. The second kappa shape index (κ2) is 11.6. The lowest BCUT2D eigenvalue weighted by Gasteiger charge is -2.26. The average Bonchev–Trinajstić information content (AvgIpc) is 2.78. The zero-order valence-electron chi connectivity index (χ0n) is 18.4. The number of benzene rings is 1. The maximum Gasteiger partial charge on any atom is 0.260 e. The van der Waals surface area contributed by atoms with Crippen LogP contribution >= 0.6 is 11.8 Å². The van der Waals surface area contributed by atoms with Gasteiger partial charge in [0, 0.05) is 24.5 Å². The minimum absolute atomic E-state index is 0.0107. The van der Waals surface area contributed by atoms with Gasteiger partial charge in [-0.3, -0.25) is 9.59 Å². The van der Waals surface area contributed by atoms with Gasteiger partial charge >= 0.3 is 0 Å². The zero-order chi connectivity index (χ0) is 22.9. The topological polar surface area (TPSA) is 106 Å². The van der Waals surface area contributed by atoms with Crippen LogP contribution in [0.2, 0.25) is 0 Å². The fourth-order valence-corrected chi connectivity index (χ4v) is 3.79. The molecule has 10 heteroatoms. The first-order valence-electron chi connectivity index (χ1n) is 10.3. The summed E-state index contributed by atoms with van der Waals surface area (Å²) in [6.45, 7) is 7.87. The number of nitrogens with one attached hydrogen (secondary N) is 1. The second-order valence-electron chi connectivity index (χ2n) is 7.28. The molecular weight excluding hydrogens is 430 g/mol. The highest BCUT2D eigenvalue weighted by molar-refractivity contribution is 8.00. The molecule has 2 aromatic rings. The van der Waals surface area contributed by atoms with Crippen molar-refractivity contribution in [3.8, 4) is 5.75 Å². The molecule has 0 radical (unpaired) electrons. The Kier molecular flexibility index (Phi) is 8.57. The molecule has 0 aliphatic carbocycles. The van der Waals surface area contributed by atoms with Gasteiger partial charge in [0.05, 0.1) is 24.7 Å². The fraction of sp³-hybridized carbons (Fsp3) is 0.409. The zero-order valence-corrected chi connectivity index (χ0v) is 19.2. The van der Waals surface area contributed by atoms with Gasteiger partial charge < -0.3 is 14.4 Å². The Morgan fingerprint density at radius 1 is 1.22 bits per heavy atom. The Balaban J connectivity index is 1.43. The lowest BCUT2D eigenvalue weighted by molar-refractivity contribution is -0.137. The molecule has 1 aromatic heterocycles. The quantitative estimate of drug-likeness (QED) is 0.280. The van der Waals surface area contributed by atoms with Crippen LogP contribution in [0.4, 0.5) is 0 Å². The van der Waals surface area contributed by atoms with E-state index in [-0.39, 0.29) is 18.4 Å². The molecule has 2 heterocycles. The summed E-state index contributed by atoms with van der Waals surface area (Å²) in [6.07, 6.45) is 1.55. The number of hydrazone groups is 1. The van der Waals surface area contributed by atoms with Crippen LogP contribution in [0.15, 0.2) is 40.6 Å². The highest BCUT2D eigenvalue weighted by atomic mass is 32.2. The lowest BCUT2D eigenvalue weighted by atomic mass is 10.2. The van der Waals surface area contributed by atoms with E-state index < -0.39 is 5.25 Å². The van der Waals surface area contributed by atoms with Gasteiger partial charge in [-0.15, -0.1) is 0 Å². The van der Waals surface area contributed by atoms with Crippen LogP contribution in [0.5, 0.6) is 5.75 Å². The summed E-state index contributed by atoms with van der Waals surface area (Å²) in [7, 11) is 0. The second-order valence-corrected chi connectivity index (χ2v) is 8.59. The van der Waals surface area contributed by atoms with Crippen molar-refractivity contribution in [2.24, 2.45) is 5.10 Å². The molecule has 1 saturated heterocycles. The van der Waals surface area contributed by atoms with Crippen LogP contribution in [0.1, 0.15) is 23.9 Å². The maximum atomic E-state index is 12.3. The molecule has 0 bridgehead atoms. The Morgan fingerprint density at radius 2 is 1.88 bits per heavy atom. The molecule has 1 aliphatic heterocycles. The number of aryl methyl sites for hydroxylation is 2. The predicted molar refractivity (Wildman–Crippen MR) is 122 cm³/mol. The third-order valence-electron chi connectivity index (χ3n) is 4.61. The van der Waals surface area contributed by atoms with Gasteiger partial charge in [-0.2, -0.15) is 5.10 Å². The summed E-state index contributed by atoms with van der Waals surface area (Å²) in [5.41, 5.74) is 5.05. The third kappa shape index (κ3) is 7.31. The number of ether oxygens (including phenoxy) is 2. The highest BCUT2D eigenvalue weighted by Gasteiger charge is 2.17. The predicted octanol–water partition coefficient (Wildman–Crippen LogP) is 1.96. The molecule has 0 saturated carbocycles. The Bertz CT molecular complexity index is 941. The highest BCUT2D eigenvalue weighted by Crippen LogP contribution is 2.20. The van der Waals surface area contributed by atoms with Crippen molar-refractivity contribution >= 4 is 29.8 Å². The normalized spacial score (nSPS) is 14.9. The summed E-state index contributed by atoms with van der Waals surface area (Å²) in [5, 5.41) is 4.18. The number of carbonyl (C=O) groups is 2. The van der Waals surface area contributed by atoms with Gasteiger partial charge in [0.1, 0.15) is 5.75 Å². The van der Waals surface area contributed by atoms with Gasteiger partial charge in [-0.25, -0.2) is 15.4 Å². The van der Waals surface area contributed by atoms with Gasteiger partial charge in [0.25, 0.3) is 11.8 Å². The number of carbonyl (C=O) groups excluding carboxylic acids is 2. The Labute approximate surface area is 191 Å². The van der Waals surface area contributed by atoms with Crippen molar-refractivity contribution in [2.75, 3.05) is 32.9 Å². The van der Waals surface area contributed by atoms with Crippen LogP contribution in [0, 0.1) is 13.8 Å². The first-order chi connectivity index (χ1) is 15.4. The van der Waals surface area contributed by atoms with E-state index in [1.165, 1.54) is 11.8 Å². The number of morpholine rings is 1. The van der Waals surface area contributed by atoms with Crippen LogP contribution in [-0.4, -0.2) is 71.1 Å². The number of nitrogens with zero attached hydrogens (tertiary/aromatic N) is 4. The van der Waals surface area contributed by atoms with E-state index in [0.29, 0.717) is 37.2 Å². The van der Waals surface area contributed by atoms with Crippen molar-refractivity contribution in [1.82, 2.24) is 20.3 Å². The molecule has 2 amide bonds. The van der Waals surface area contributed by atoms with Crippen molar-refractivity contribution in [2.45, 2.75) is 31.2 Å². The minimum Gasteiger partial charge on any atom is -0.484 e. The standard InChI is InChI=1S/C22H27N5O4S/c1-15-12-16(2)25-22(24-15)32-17(3)21(29)26-23-13-18-4-6-19(7-5-18)31-14-20(28)27-8-10-30-11-9-27/h4-7,12-13,17H,8-11,14H2,1-3H3,(H,26,29)/b23-13-/t17-/m1/s1. The van der Waals surface area contributed by atoms with E-state index >= 15 is 0 Å². The molecule has 1 fully saturated rings. The van der Waals surface area contributed by atoms with Gasteiger partial charge in [0.2, 0.25) is 0 Å². The molecule has 170 valence electrons. The van der Waals surface area contributed by atoms with Crippen LogP contribution in [0.3, 0.4) is 0 Å². The van der Waals surface area contributed by atoms with E-state index in [1.54, 1.807) is 42.3 Å². The van der Waals surface area contributed by atoms with E-state index in [0.717, 1.165) is 17.0 Å². The van der Waals surface area contributed by atoms with E-state index in [4.69, 9.17) is 9.47 Å². The van der Waals surface area contributed by atoms with Crippen LogP contribution in [0.25, 0.3) is 0 Å². The van der Waals surface area contributed by atoms with E-state index in [1.807, 2.05) is 19.9 Å². The van der Waals surface area contributed by atoms with Crippen molar-refractivity contribution in [1.29, 1.82) is 0 Å². The molecule has 0 unspecified atom stereocenters. The van der Waals surface area contributed by atoms with Gasteiger partial charge in [0.15, 0.2) is 11.8 Å². The number of rotatable bonds is 8. The number of hydrogen-bond donors (Lipinski definition) is 1. The summed E-state index contributed by atoms with van der Waals surface area (Å²) in [5.74, 6) is 0.293. The molecule has 1 aliphatic rings. The summed E-state index contributed by atoms with van der Waals surface area (Å²) >= 11 is 1.28. The van der Waals surface area contributed by atoms with Crippen molar-refractivity contribution in [3.05, 3.63) is 47.3 Å². The SMILES string of the molecule is Cc1cc(C)nc(S[C@H](C)C(=O)N/N=C\c2ccc(OCC(=O)N3CCOCC3)cc2)n1. The molecule has 9 nitrogen and oxygen atoms in total. The first kappa shape index (κ1) is 23.7. The largest absolute Gasteiger partial charge is 0.484 e. The van der Waals surface area contributed by atoms with Crippen LogP contribution in [-0.2, 0) is 14.3 Å². The van der Waals surface area contributed by atoms with Crippen LogP contribution < -0.4 is 10.2 Å². The lowest BCUT2D eigenvalue weighted by Crippen LogP contribution is -2.42. The molecule has 1 aromatic carbocycles. The van der Waals surface area contributed by atoms with E-state index in [2.05, 4.69) is 20.5 Å². The molecule has 1 atom stereocenters. The first-order valence-corrected chi connectivity index (χ1v) is 11.2. The van der Waals surface area contributed by atoms with Crippen molar-refractivity contribution in [3.63, 3.8) is 0 Å². The number of hydrogen-bond acceptors (Lipinski definition) is 8. The number of amides is 2. The van der Waals surface area contributed by atoms with Gasteiger partial charge in [-0.1, -0.05) is 11.8 Å². The maximum absolute atomic E-state index is 12.3. The summed E-state index contributed by atoms with van der Waals surface area (Å²) < 4.78 is 10.8. The average molecular weight is 458 g/mol. The monoisotopic (exact) mass is 457 g/mol. The molecular formula is C22H27N5O4S. The third-order valence-corrected chi connectivity index (χ3v) is 5.57. The molecule has 1 N–H and O–H groups in total. The molecule has 32 heavy (non-hydrogen) atoms. The molecule has 3 rings (SSSR count).